The predicted molar refractivity (Wildman–Crippen MR) is 47.3 cm³/mol. The lowest BCUT2D eigenvalue weighted by Crippen LogP contribution is -2.42. The molecule has 11 heavy (non-hydrogen) atoms. The van der Waals surface area contributed by atoms with E-state index < -0.39 is 6.16 Å². The first-order valence-corrected chi connectivity index (χ1v) is 5.38. The number of ether oxygens (including phenoxy) is 2. The van der Waals surface area contributed by atoms with E-state index in [2.05, 4.69) is 31.9 Å². The van der Waals surface area contributed by atoms with Crippen molar-refractivity contribution >= 4 is 38.0 Å². The van der Waals surface area contributed by atoms with Crippen molar-refractivity contribution < 1.29 is 14.3 Å². The summed E-state index contributed by atoms with van der Waals surface area (Å²) in [6.07, 6.45) is -0.567. The van der Waals surface area contributed by atoms with Gasteiger partial charge in [0.2, 0.25) is 0 Å². The van der Waals surface area contributed by atoms with Crippen molar-refractivity contribution in [3.8, 4) is 0 Å². The van der Waals surface area contributed by atoms with Crippen LogP contribution in [-0.2, 0) is 9.47 Å². The largest absolute Gasteiger partial charge is 0.508 e. The number of cyclic esters (lactones) is 2. The number of hydrogen-bond acceptors (Lipinski definition) is 3. The zero-order valence-electron chi connectivity index (χ0n) is 5.81. The summed E-state index contributed by atoms with van der Waals surface area (Å²) < 4.78 is 9.51. The molecular formula is C6H8Br2O3. The molecule has 0 aliphatic carbocycles. The fourth-order valence-corrected chi connectivity index (χ4v) is 2.27. The molecule has 0 N–H and O–H groups in total. The number of halogens is 2. The fraction of sp³-hybridized carbons (Fsp3) is 0.833. The summed E-state index contributed by atoms with van der Waals surface area (Å²) in [6.45, 7) is 0.838. The molecule has 0 bridgehead atoms. The second-order valence-electron chi connectivity index (χ2n) is 2.59. The molecule has 1 heterocycles. The van der Waals surface area contributed by atoms with Gasteiger partial charge in [-0.15, -0.1) is 0 Å². The van der Waals surface area contributed by atoms with E-state index in [1.54, 1.807) is 0 Å². The third-order valence-corrected chi connectivity index (χ3v) is 3.94. The Morgan fingerprint density at radius 2 is 1.73 bits per heavy atom. The molecular weight excluding hydrogens is 280 g/mol. The summed E-state index contributed by atoms with van der Waals surface area (Å²) in [6, 6.07) is 0. The average molecular weight is 288 g/mol. The summed E-state index contributed by atoms with van der Waals surface area (Å²) in [5.41, 5.74) is -0.0894. The molecule has 0 unspecified atom stereocenters. The van der Waals surface area contributed by atoms with Crippen molar-refractivity contribution in [1.82, 2.24) is 0 Å². The van der Waals surface area contributed by atoms with Crippen molar-refractivity contribution in [1.29, 1.82) is 0 Å². The Balaban J connectivity index is 2.52. The van der Waals surface area contributed by atoms with Gasteiger partial charge in [-0.05, 0) is 0 Å². The van der Waals surface area contributed by atoms with Crippen LogP contribution in [0.2, 0.25) is 0 Å². The fourth-order valence-electron chi connectivity index (χ4n) is 0.697. The molecule has 1 aliphatic heterocycles. The molecule has 0 atom stereocenters. The first-order chi connectivity index (χ1) is 5.22. The van der Waals surface area contributed by atoms with Crippen LogP contribution in [0.25, 0.3) is 0 Å². The highest BCUT2D eigenvalue weighted by Gasteiger charge is 2.35. The molecule has 1 fully saturated rings. The molecule has 0 amide bonds. The van der Waals surface area contributed by atoms with Crippen molar-refractivity contribution in [2.75, 3.05) is 23.9 Å². The van der Waals surface area contributed by atoms with Crippen LogP contribution < -0.4 is 0 Å². The van der Waals surface area contributed by atoms with E-state index in [9.17, 15) is 4.79 Å². The Bertz CT molecular complexity index is 144. The Kier molecular flexibility index (Phi) is 3.18. The molecule has 0 aromatic carbocycles. The van der Waals surface area contributed by atoms with Crippen molar-refractivity contribution in [3.05, 3.63) is 0 Å². The lowest BCUT2D eigenvalue weighted by Gasteiger charge is -2.32. The van der Waals surface area contributed by atoms with Crippen LogP contribution in [0.1, 0.15) is 0 Å². The third kappa shape index (κ3) is 2.08. The van der Waals surface area contributed by atoms with Gasteiger partial charge in [-0.1, -0.05) is 31.9 Å². The summed E-state index contributed by atoms with van der Waals surface area (Å²) in [4.78, 5) is 10.5. The van der Waals surface area contributed by atoms with E-state index >= 15 is 0 Å². The molecule has 0 aromatic heterocycles. The number of carbonyl (C=O) groups is 1. The van der Waals surface area contributed by atoms with E-state index in [-0.39, 0.29) is 5.41 Å². The van der Waals surface area contributed by atoms with E-state index in [0.717, 1.165) is 10.7 Å². The van der Waals surface area contributed by atoms with Gasteiger partial charge in [0.1, 0.15) is 13.2 Å². The molecule has 0 spiro atoms. The number of carbonyl (C=O) groups excluding carboxylic acids is 1. The predicted octanol–water partition coefficient (Wildman–Crippen LogP) is 1.93. The second-order valence-corrected chi connectivity index (χ2v) is 3.72. The minimum Gasteiger partial charge on any atom is -0.433 e. The first kappa shape index (κ1) is 9.32. The highest BCUT2D eigenvalue weighted by atomic mass is 79.9. The SMILES string of the molecule is O=C1OCC(CBr)(CBr)CO1. The highest BCUT2D eigenvalue weighted by Crippen LogP contribution is 2.27. The molecule has 0 radical (unpaired) electrons. The molecule has 1 saturated heterocycles. The smallest absolute Gasteiger partial charge is 0.433 e. The van der Waals surface area contributed by atoms with Gasteiger partial charge in [0, 0.05) is 10.7 Å². The van der Waals surface area contributed by atoms with E-state index in [1.165, 1.54) is 0 Å². The molecule has 64 valence electrons. The normalized spacial score (nSPS) is 22.2. The summed E-state index contributed by atoms with van der Waals surface area (Å²) in [7, 11) is 0. The van der Waals surface area contributed by atoms with Gasteiger partial charge in [-0.25, -0.2) is 4.79 Å². The zero-order chi connectivity index (χ0) is 8.32. The van der Waals surface area contributed by atoms with Gasteiger partial charge in [0.15, 0.2) is 0 Å². The molecule has 1 aliphatic rings. The van der Waals surface area contributed by atoms with Crippen LogP contribution in [0.5, 0.6) is 0 Å². The maximum atomic E-state index is 10.5. The van der Waals surface area contributed by atoms with Crippen molar-refractivity contribution in [2.24, 2.45) is 5.41 Å². The summed E-state index contributed by atoms with van der Waals surface area (Å²) >= 11 is 6.69. The van der Waals surface area contributed by atoms with Crippen LogP contribution >= 0.6 is 31.9 Å². The third-order valence-electron chi connectivity index (χ3n) is 1.56. The van der Waals surface area contributed by atoms with Crippen LogP contribution in [0.15, 0.2) is 0 Å². The zero-order valence-corrected chi connectivity index (χ0v) is 8.98. The Hall–Kier alpha value is 0.230. The van der Waals surface area contributed by atoms with Gasteiger partial charge in [0.25, 0.3) is 0 Å². The van der Waals surface area contributed by atoms with E-state index in [0.29, 0.717) is 13.2 Å². The van der Waals surface area contributed by atoms with Crippen LogP contribution in [0.3, 0.4) is 0 Å². The van der Waals surface area contributed by atoms with E-state index in [4.69, 9.17) is 9.47 Å². The van der Waals surface area contributed by atoms with Gasteiger partial charge < -0.3 is 9.47 Å². The van der Waals surface area contributed by atoms with E-state index in [1.807, 2.05) is 0 Å². The van der Waals surface area contributed by atoms with Crippen LogP contribution in [-0.4, -0.2) is 30.0 Å². The number of alkyl halides is 2. The van der Waals surface area contributed by atoms with Crippen LogP contribution in [0, 0.1) is 5.41 Å². The van der Waals surface area contributed by atoms with Crippen molar-refractivity contribution in [2.45, 2.75) is 0 Å². The summed E-state index contributed by atoms with van der Waals surface area (Å²) in [5.74, 6) is 0. The minimum atomic E-state index is -0.567. The molecule has 5 heteroatoms. The maximum Gasteiger partial charge on any atom is 0.508 e. The van der Waals surface area contributed by atoms with Gasteiger partial charge >= 0.3 is 6.16 Å². The monoisotopic (exact) mass is 286 g/mol. The Morgan fingerprint density at radius 1 is 1.27 bits per heavy atom. The quantitative estimate of drug-likeness (QED) is 0.575. The first-order valence-electron chi connectivity index (χ1n) is 3.14. The van der Waals surface area contributed by atoms with Gasteiger partial charge in [-0.3, -0.25) is 0 Å². The van der Waals surface area contributed by atoms with Crippen LogP contribution in [0.4, 0.5) is 4.79 Å². The second kappa shape index (κ2) is 3.76. The lowest BCUT2D eigenvalue weighted by atomic mass is 9.96. The number of rotatable bonds is 2. The molecule has 1 rings (SSSR count). The minimum absolute atomic E-state index is 0.0894. The maximum absolute atomic E-state index is 10.5. The number of hydrogen-bond donors (Lipinski definition) is 0. The highest BCUT2D eigenvalue weighted by molar-refractivity contribution is 9.09. The standard InChI is InChI=1S/C6H8Br2O3/c7-1-6(2-8)3-10-5(9)11-4-6/h1-4H2. The average Bonchev–Trinajstić information content (AvgIpc) is 2.07. The lowest BCUT2D eigenvalue weighted by molar-refractivity contribution is -0.0396. The molecule has 3 nitrogen and oxygen atoms in total. The summed E-state index contributed by atoms with van der Waals surface area (Å²) in [5, 5.41) is 1.52. The molecule has 0 saturated carbocycles. The van der Waals surface area contributed by atoms with Gasteiger partial charge in [0.05, 0.1) is 5.41 Å². The van der Waals surface area contributed by atoms with Gasteiger partial charge in [-0.2, -0.15) is 0 Å². The Morgan fingerprint density at radius 3 is 2.09 bits per heavy atom. The molecule has 0 aromatic rings. The topological polar surface area (TPSA) is 35.5 Å². The van der Waals surface area contributed by atoms with Crippen molar-refractivity contribution in [3.63, 3.8) is 0 Å². The Labute approximate surface area is 81.7 Å².